The van der Waals surface area contributed by atoms with E-state index >= 15 is 0 Å². The molecule has 0 saturated heterocycles. The van der Waals surface area contributed by atoms with Gasteiger partial charge in [-0.25, -0.2) is 14.4 Å². The maximum atomic E-state index is 12.7. The molecule has 29 heavy (non-hydrogen) atoms. The SMILES string of the molecule is COC(=O)N(C(=O)OC(C)(C)C)[C@@H](CC/C=C/C(=O)N(C)C)C(=O)OC(C)(C)C. The van der Waals surface area contributed by atoms with E-state index in [0.717, 1.165) is 7.11 Å². The van der Waals surface area contributed by atoms with Crippen molar-refractivity contribution < 1.29 is 33.4 Å². The number of rotatable bonds is 6. The molecule has 3 amide bonds. The largest absolute Gasteiger partial charge is 0.458 e. The van der Waals surface area contributed by atoms with Crippen LogP contribution in [0.15, 0.2) is 12.2 Å². The van der Waals surface area contributed by atoms with Crippen molar-refractivity contribution in [2.24, 2.45) is 0 Å². The molecule has 9 nitrogen and oxygen atoms in total. The molecule has 0 aliphatic rings. The number of esters is 1. The number of imide groups is 1. The van der Waals surface area contributed by atoms with E-state index in [1.165, 1.54) is 11.0 Å². The molecule has 0 bridgehead atoms. The van der Waals surface area contributed by atoms with Gasteiger partial charge in [-0.2, -0.15) is 4.90 Å². The minimum Gasteiger partial charge on any atom is -0.458 e. The van der Waals surface area contributed by atoms with Gasteiger partial charge < -0.3 is 19.1 Å². The predicted molar refractivity (Wildman–Crippen MR) is 107 cm³/mol. The van der Waals surface area contributed by atoms with Crippen LogP contribution in [0, 0.1) is 0 Å². The molecule has 0 aromatic heterocycles. The molecular formula is C20H34N2O7. The van der Waals surface area contributed by atoms with Crippen molar-refractivity contribution in [3.63, 3.8) is 0 Å². The molecule has 0 aromatic rings. The quantitative estimate of drug-likeness (QED) is 0.374. The first-order chi connectivity index (χ1) is 13.1. The summed E-state index contributed by atoms with van der Waals surface area (Å²) in [6.45, 7) is 9.93. The van der Waals surface area contributed by atoms with Gasteiger partial charge in [0.25, 0.3) is 0 Å². The molecule has 9 heteroatoms. The molecule has 0 heterocycles. The Bertz CT molecular complexity index is 628. The highest BCUT2D eigenvalue weighted by Crippen LogP contribution is 2.20. The van der Waals surface area contributed by atoms with Crippen LogP contribution in [-0.2, 0) is 23.8 Å². The smallest absolute Gasteiger partial charge is 0.420 e. The second-order valence-electron chi connectivity index (χ2n) is 8.58. The van der Waals surface area contributed by atoms with Crippen LogP contribution in [-0.4, -0.2) is 72.3 Å². The molecule has 0 spiro atoms. The van der Waals surface area contributed by atoms with Crippen LogP contribution in [0.2, 0.25) is 0 Å². The van der Waals surface area contributed by atoms with Crippen molar-refractivity contribution in [1.82, 2.24) is 9.80 Å². The third kappa shape index (κ3) is 10.5. The maximum Gasteiger partial charge on any atom is 0.420 e. The molecule has 0 radical (unpaired) electrons. The average molecular weight is 414 g/mol. The van der Waals surface area contributed by atoms with Gasteiger partial charge in [0.2, 0.25) is 5.91 Å². The lowest BCUT2D eigenvalue weighted by Crippen LogP contribution is -2.51. The van der Waals surface area contributed by atoms with E-state index in [2.05, 4.69) is 4.74 Å². The number of hydrogen-bond donors (Lipinski definition) is 0. The van der Waals surface area contributed by atoms with E-state index in [0.29, 0.717) is 4.90 Å². The van der Waals surface area contributed by atoms with E-state index in [9.17, 15) is 19.2 Å². The van der Waals surface area contributed by atoms with Gasteiger partial charge in [0.05, 0.1) is 7.11 Å². The summed E-state index contributed by atoms with van der Waals surface area (Å²) in [5.74, 6) is -1.00. The van der Waals surface area contributed by atoms with Crippen LogP contribution in [0.3, 0.4) is 0 Å². The van der Waals surface area contributed by atoms with Crippen LogP contribution in [0.4, 0.5) is 9.59 Å². The van der Waals surface area contributed by atoms with Gasteiger partial charge in [-0.1, -0.05) is 6.08 Å². The highest BCUT2D eigenvalue weighted by molar-refractivity contribution is 5.94. The second-order valence-corrected chi connectivity index (χ2v) is 8.58. The van der Waals surface area contributed by atoms with Crippen LogP contribution in [0.5, 0.6) is 0 Å². The number of allylic oxidation sites excluding steroid dienone is 1. The van der Waals surface area contributed by atoms with Crippen molar-refractivity contribution in [3.05, 3.63) is 12.2 Å². The van der Waals surface area contributed by atoms with Gasteiger partial charge in [0.15, 0.2) is 0 Å². The fourth-order valence-corrected chi connectivity index (χ4v) is 2.05. The first kappa shape index (κ1) is 26.4. The Morgan fingerprint density at radius 3 is 1.83 bits per heavy atom. The van der Waals surface area contributed by atoms with E-state index < -0.39 is 35.4 Å². The number of methoxy groups -OCH3 is 1. The monoisotopic (exact) mass is 414 g/mol. The van der Waals surface area contributed by atoms with Crippen LogP contribution in [0.25, 0.3) is 0 Å². The van der Waals surface area contributed by atoms with E-state index in [4.69, 9.17) is 9.47 Å². The summed E-state index contributed by atoms with van der Waals surface area (Å²) in [6, 6.07) is -1.28. The van der Waals surface area contributed by atoms with Crippen molar-refractivity contribution in [3.8, 4) is 0 Å². The standard InChI is InChI=1S/C20H34N2O7/c1-19(2,3)28-16(24)14(12-10-11-13-15(23)21(7)8)22(17(25)27-9)18(26)29-20(4,5)6/h11,13-14H,10,12H2,1-9H3/b13-11+/t14-/m0/s1. The molecule has 166 valence electrons. The van der Waals surface area contributed by atoms with E-state index in [-0.39, 0.29) is 18.7 Å². The number of carbonyl (C=O) groups excluding carboxylic acids is 4. The Balaban J connectivity index is 5.73. The molecule has 0 N–H and O–H groups in total. The molecule has 0 fully saturated rings. The molecule has 1 atom stereocenters. The zero-order chi connectivity index (χ0) is 23.0. The first-order valence-corrected chi connectivity index (χ1v) is 9.30. The maximum absolute atomic E-state index is 12.7. The number of likely N-dealkylation sites (N-methyl/N-ethyl adjacent to an activating group) is 1. The number of carbonyl (C=O) groups is 4. The normalized spacial score (nSPS) is 12.9. The van der Waals surface area contributed by atoms with Crippen molar-refractivity contribution in [1.29, 1.82) is 0 Å². The first-order valence-electron chi connectivity index (χ1n) is 9.30. The minimum absolute atomic E-state index is 0.0282. The molecule has 0 aliphatic carbocycles. The number of amides is 3. The van der Waals surface area contributed by atoms with Gasteiger partial charge in [0.1, 0.15) is 17.2 Å². The van der Waals surface area contributed by atoms with Crippen LogP contribution < -0.4 is 0 Å². The van der Waals surface area contributed by atoms with E-state index in [1.54, 1.807) is 61.7 Å². The zero-order valence-corrected chi connectivity index (χ0v) is 18.9. The van der Waals surface area contributed by atoms with Gasteiger partial charge >= 0.3 is 18.2 Å². The fraction of sp³-hybridized carbons (Fsp3) is 0.700. The fourth-order valence-electron chi connectivity index (χ4n) is 2.05. The highest BCUT2D eigenvalue weighted by Gasteiger charge is 2.40. The molecule has 0 unspecified atom stereocenters. The minimum atomic E-state index is -1.28. The van der Waals surface area contributed by atoms with Crippen LogP contribution in [0.1, 0.15) is 54.4 Å². The highest BCUT2D eigenvalue weighted by atomic mass is 16.6. The number of nitrogens with zero attached hydrogens (tertiary/aromatic N) is 2. The summed E-state index contributed by atoms with van der Waals surface area (Å²) in [5, 5.41) is 0. The molecule has 0 aromatic carbocycles. The topological polar surface area (TPSA) is 102 Å². The molecule has 0 saturated carbocycles. The van der Waals surface area contributed by atoms with Crippen molar-refractivity contribution in [2.75, 3.05) is 21.2 Å². The Morgan fingerprint density at radius 1 is 0.897 bits per heavy atom. The van der Waals surface area contributed by atoms with Gasteiger partial charge in [-0.3, -0.25) is 4.79 Å². The van der Waals surface area contributed by atoms with Crippen LogP contribution >= 0.6 is 0 Å². The molecule has 0 aliphatic heterocycles. The van der Waals surface area contributed by atoms with Gasteiger partial charge in [-0.05, 0) is 60.5 Å². The third-order valence-electron chi connectivity index (χ3n) is 3.26. The zero-order valence-electron chi connectivity index (χ0n) is 18.9. The lowest BCUT2D eigenvalue weighted by atomic mass is 10.1. The summed E-state index contributed by atoms with van der Waals surface area (Å²) >= 11 is 0. The van der Waals surface area contributed by atoms with Gasteiger partial charge in [-0.15, -0.1) is 0 Å². The Kier molecular flexibility index (Phi) is 9.86. The summed E-state index contributed by atoms with van der Waals surface area (Å²) in [7, 11) is 4.32. The Labute approximate surface area is 172 Å². The van der Waals surface area contributed by atoms with Crippen molar-refractivity contribution >= 4 is 24.1 Å². The van der Waals surface area contributed by atoms with Crippen molar-refractivity contribution in [2.45, 2.75) is 71.6 Å². The third-order valence-corrected chi connectivity index (χ3v) is 3.26. The predicted octanol–water partition coefficient (Wildman–Crippen LogP) is 3.12. The summed E-state index contributed by atoms with van der Waals surface area (Å²) in [4.78, 5) is 51.3. The van der Waals surface area contributed by atoms with Gasteiger partial charge in [0, 0.05) is 14.1 Å². The summed E-state index contributed by atoms with van der Waals surface area (Å²) in [6.07, 6.45) is 1.11. The number of ether oxygens (including phenoxy) is 3. The summed E-state index contributed by atoms with van der Waals surface area (Å²) < 4.78 is 15.3. The molecule has 0 rings (SSSR count). The van der Waals surface area contributed by atoms with E-state index in [1.807, 2.05) is 0 Å². The second kappa shape index (κ2) is 10.8. The Morgan fingerprint density at radius 2 is 1.41 bits per heavy atom. The lowest BCUT2D eigenvalue weighted by molar-refractivity contribution is -0.160. The molecular weight excluding hydrogens is 380 g/mol. The average Bonchev–Trinajstić information content (AvgIpc) is 2.53. The lowest BCUT2D eigenvalue weighted by Gasteiger charge is -2.31. The summed E-state index contributed by atoms with van der Waals surface area (Å²) in [5.41, 5.74) is -1.72. The number of hydrogen-bond acceptors (Lipinski definition) is 7. The Hall–Kier alpha value is -2.58.